The topological polar surface area (TPSA) is 79.6 Å². The van der Waals surface area contributed by atoms with E-state index in [1.165, 1.54) is 22.4 Å². The number of thioether (sulfide) groups is 2. The van der Waals surface area contributed by atoms with Crippen molar-refractivity contribution in [1.82, 2.24) is 9.55 Å². The maximum absolute atomic E-state index is 12.6. The third kappa shape index (κ3) is 3.98. The second kappa shape index (κ2) is 8.24. The zero-order chi connectivity index (χ0) is 21.4. The molecule has 156 valence electrons. The van der Waals surface area contributed by atoms with Gasteiger partial charge in [0.2, 0.25) is 5.91 Å². The average Bonchev–Trinajstić information content (AvgIpc) is 3.34. The van der Waals surface area contributed by atoms with Crippen molar-refractivity contribution in [3.63, 3.8) is 0 Å². The predicted octanol–water partition coefficient (Wildman–Crippen LogP) is 3.55. The van der Waals surface area contributed by atoms with Crippen molar-refractivity contribution in [2.75, 3.05) is 29.1 Å². The second-order valence-corrected chi connectivity index (χ2v) is 9.08. The number of para-hydroxylation sites is 1. The van der Waals surface area contributed by atoms with Gasteiger partial charge >= 0.3 is 0 Å². The molecule has 1 N–H and O–H groups in total. The van der Waals surface area contributed by atoms with E-state index in [9.17, 15) is 9.59 Å². The van der Waals surface area contributed by atoms with Crippen molar-refractivity contribution in [2.24, 2.45) is 4.99 Å². The molecule has 0 spiro atoms. The minimum Gasteiger partial charge on any atom is -0.325 e. The largest absolute Gasteiger partial charge is 0.325 e. The SMILES string of the molecule is Cc1cc(=O)n(-c2ccccc2)c(SCC(=O)Nc2ccc3c(c2)N2CCN=C2S3)n1. The number of hydrogen-bond acceptors (Lipinski definition) is 7. The Bertz CT molecular complexity index is 1260. The molecule has 7 nitrogen and oxygen atoms in total. The van der Waals surface area contributed by atoms with E-state index in [1.54, 1.807) is 18.7 Å². The normalized spacial score (nSPS) is 14.2. The number of rotatable bonds is 5. The summed E-state index contributed by atoms with van der Waals surface area (Å²) in [5.74, 6) is -0.00776. The summed E-state index contributed by atoms with van der Waals surface area (Å²) < 4.78 is 1.53. The fourth-order valence-electron chi connectivity index (χ4n) is 3.54. The molecule has 9 heteroatoms. The molecule has 2 aliphatic heterocycles. The molecule has 5 rings (SSSR count). The van der Waals surface area contributed by atoms with E-state index in [0.717, 1.165) is 40.2 Å². The van der Waals surface area contributed by atoms with Gasteiger partial charge in [0.15, 0.2) is 10.3 Å². The lowest BCUT2D eigenvalue weighted by Gasteiger charge is -2.14. The van der Waals surface area contributed by atoms with Crippen LogP contribution in [0.1, 0.15) is 5.69 Å². The molecule has 0 bridgehead atoms. The lowest BCUT2D eigenvalue weighted by molar-refractivity contribution is -0.113. The fourth-order valence-corrected chi connectivity index (χ4v) is 5.47. The van der Waals surface area contributed by atoms with Gasteiger partial charge in [-0.25, -0.2) is 4.98 Å². The molecular formula is C22H19N5O2S2. The van der Waals surface area contributed by atoms with E-state index in [2.05, 4.69) is 20.2 Å². The summed E-state index contributed by atoms with van der Waals surface area (Å²) in [6, 6.07) is 16.7. The summed E-state index contributed by atoms with van der Waals surface area (Å²) in [6.07, 6.45) is 0. The van der Waals surface area contributed by atoms with Crippen molar-refractivity contribution in [3.8, 4) is 5.69 Å². The highest BCUT2D eigenvalue weighted by Gasteiger charge is 2.29. The lowest BCUT2D eigenvalue weighted by Crippen LogP contribution is -2.22. The van der Waals surface area contributed by atoms with Crippen molar-refractivity contribution in [1.29, 1.82) is 0 Å². The molecule has 2 aromatic carbocycles. The Morgan fingerprint density at radius 1 is 1.19 bits per heavy atom. The van der Waals surface area contributed by atoms with Crippen molar-refractivity contribution in [3.05, 3.63) is 70.6 Å². The smallest absolute Gasteiger partial charge is 0.258 e. The molecule has 1 aromatic heterocycles. The number of amidine groups is 1. The van der Waals surface area contributed by atoms with E-state index in [1.807, 2.05) is 48.5 Å². The fraction of sp³-hybridized carbons (Fsp3) is 0.182. The zero-order valence-corrected chi connectivity index (χ0v) is 18.4. The first-order valence-electron chi connectivity index (χ1n) is 9.81. The molecule has 0 saturated carbocycles. The molecule has 2 aliphatic rings. The number of fused-ring (bicyclic) bond motifs is 3. The first-order valence-corrected chi connectivity index (χ1v) is 11.6. The van der Waals surface area contributed by atoms with Crippen molar-refractivity contribution >= 4 is 46.0 Å². The molecule has 0 radical (unpaired) electrons. The van der Waals surface area contributed by atoms with Crippen LogP contribution in [-0.4, -0.2) is 39.5 Å². The van der Waals surface area contributed by atoms with Crippen LogP contribution in [0.3, 0.4) is 0 Å². The predicted molar refractivity (Wildman–Crippen MR) is 126 cm³/mol. The van der Waals surface area contributed by atoms with Gasteiger partial charge in [-0.1, -0.05) is 30.0 Å². The van der Waals surface area contributed by atoms with Gasteiger partial charge in [-0.15, -0.1) is 0 Å². The Hall–Kier alpha value is -3.04. The summed E-state index contributed by atoms with van der Waals surface area (Å²) in [5, 5.41) is 4.48. The maximum Gasteiger partial charge on any atom is 0.258 e. The van der Waals surface area contributed by atoms with E-state index in [0.29, 0.717) is 10.9 Å². The van der Waals surface area contributed by atoms with Gasteiger partial charge in [-0.2, -0.15) is 0 Å². The number of aromatic nitrogens is 2. The van der Waals surface area contributed by atoms with Gasteiger partial charge in [0, 0.05) is 28.9 Å². The summed E-state index contributed by atoms with van der Waals surface area (Å²) >= 11 is 2.91. The van der Waals surface area contributed by atoms with Crippen LogP contribution >= 0.6 is 23.5 Å². The first-order chi connectivity index (χ1) is 15.1. The third-order valence-corrected chi connectivity index (χ3v) is 6.93. The minimum absolute atomic E-state index is 0.144. The van der Waals surface area contributed by atoms with Gasteiger partial charge in [0.1, 0.15) is 0 Å². The Balaban J connectivity index is 1.32. The van der Waals surface area contributed by atoms with E-state index in [-0.39, 0.29) is 17.2 Å². The van der Waals surface area contributed by atoms with Crippen LogP contribution in [0.5, 0.6) is 0 Å². The molecule has 0 atom stereocenters. The Morgan fingerprint density at radius 2 is 2.03 bits per heavy atom. The minimum atomic E-state index is -0.166. The van der Waals surface area contributed by atoms with Gasteiger partial charge in [0.25, 0.3) is 5.56 Å². The summed E-state index contributed by atoms with van der Waals surface area (Å²) in [4.78, 5) is 37.6. The van der Waals surface area contributed by atoms with Crippen molar-refractivity contribution in [2.45, 2.75) is 17.0 Å². The van der Waals surface area contributed by atoms with Crippen LogP contribution in [0.4, 0.5) is 11.4 Å². The Labute approximate surface area is 187 Å². The van der Waals surface area contributed by atoms with Crippen LogP contribution < -0.4 is 15.8 Å². The third-order valence-electron chi connectivity index (χ3n) is 4.90. The molecule has 0 fully saturated rings. The number of aryl methyl sites for hydroxylation is 1. The number of carbonyl (C=O) groups is 1. The van der Waals surface area contributed by atoms with Crippen LogP contribution in [0.2, 0.25) is 0 Å². The van der Waals surface area contributed by atoms with E-state index in [4.69, 9.17) is 0 Å². The number of aliphatic imine (C=N–C) groups is 1. The van der Waals surface area contributed by atoms with Crippen molar-refractivity contribution < 1.29 is 4.79 Å². The standard InChI is InChI=1S/C22H19N5O2S2/c1-14-11-20(29)27(16-5-3-2-4-6-16)22(24-14)30-13-19(28)25-15-7-8-18-17(12-15)26-10-9-23-21(26)31-18/h2-8,11-12H,9-10,13H2,1H3,(H,25,28). The van der Waals surface area contributed by atoms with Crippen LogP contribution in [0.15, 0.2) is 74.4 Å². The molecular weight excluding hydrogens is 430 g/mol. The lowest BCUT2D eigenvalue weighted by atomic mass is 10.2. The van der Waals surface area contributed by atoms with Gasteiger partial charge in [-0.05, 0) is 49.0 Å². The zero-order valence-electron chi connectivity index (χ0n) is 16.7. The van der Waals surface area contributed by atoms with Crippen LogP contribution in [0.25, 0.3) is 5.69 Å². The second-order valence-electron chi connectivity index (χ2n) is 7.13. The summed E-state index contributed by atoms with van der Waals surface area (Å²) in [6.45, 7) is 3.46. The number of nitrogens with one attached hydrogen (secondary N) is 1. The highest BCUT2D eigenvalue weighted by Crippen LogP contribution is 2.43. The maximum atomic E-state index is 12.6. The highest BCUT2D eigenvalue weighted by molar-refractivity contribution is 8.14. The number of carbonyl (C=O) groups excluding carboxylic acids is 1. The quantitative estimate of drug-likeness (QED) is 0.474. The molecule has 1 amide bonds. The summed E-state index contributed by atoms with van der Waals surface area (Å²) in [7, 11) is 0. The highest BCUT2D eigenvalue weighted by atomic mass is 32.2. The van der Waals surface area contributed by atoms with Gasteiger partial charge in [-0.3, -0.25) is 19.1 Å². The number of benzene rings is 2. The molecule has 31 heavy (non-hydrogen) atoms. The molecule has 0 aliphatic carbocycles. The molecule has 0 unspecified atom stereocenters. The number of hydrogen-bond donors (Lipinski definition) is 1. The van der Waals surface area contributed by atoms with E-state index < -0.39 is 0 Å². The Morgan fingerprint density at radius 3 is 2.87 bits per heavy atom. The number of amides is 1. The number of anilines is 2. The van der Waals surface area contributed by atoms with E-state index >= 15 is 0 Å². The molecule has 3 heterocycles. The monoisotopic (exact) mass is 449 g/mol. The first kappa shape index (κ1) is 19.9. The van der Waals surface area contributed by atoms with Crippen LogP contribution in [-0.2, 0) is 4.79 Å². The van der Waals surface area contributed by atoms with Gasteiger partial charge in [0.05, 0.1) is 23.7 Å². The molecule has 3 aromatic rings. The number of nitrogens with zero attached hydrogens (tertiary/aromatic N) is 4. The van der Waals surface area contributed by atoms with Crippen LogP contribution in [0, 0.1) is 6.92 Å². The molecule has 0 saturated heterocycles. The summed E-state index contributed by atoms with van der Waals surface area (Å²) in [5.41, 5.74) is 3.02. The Kier molecular flexibility index (Phi) is 5.29. The van der Waals surface area contributed by atoms with Gasteiger partial charge < -0.3 is 10.2 Å². The average molecular weight is 450 g/mol.